The summed E-state index contributed by atoms with van der Waals surface area (Å²) < 4.78 is 26.7. The monoisotopic (exact) mass is 324 g/mol. The Balaban J connectivity index is 2.32. The van der Waals surface area contributed by atoms with Crippen LogP contribution in [0.5, 0.6) is 0 Å². The van der Waals surface area contributed by atoms with E-state index in [9.17, 15) is 13.2 Å². The lowest BCUT2D eigenvalue weighted by molar-refractivity contribution is 0.0938. The third-order valence-corrected chi connectivity index (χ3v) is 6.04. The van der Waals surface area contributed by atoms with Gasteiger partial charge in [0.15, 0.2) is 0 Å². The molecule has 0 spiro atoms. The van der Waals surface area contributed by atoms with Crippen molar-refractivity contribution in [1.82, 2.24) is 9.62 Å². The Morgan fingerprint density at radius 3 is 2.55 bits per heavy atom. The van der Waals surface area contributed by atoms with E-state index in [1.54, 1.807) is 12.1 Å². The lowest BCUT2D eigenvalue weighted by Crippen LogP contribution is -2.33. The van der Waals surface area contributed by atoms with Crippen LogP contribution in [0, 0.1) is 6.92 Å². The van der Waals surface area contributed by atoms with E-state index < -0.39 is 10.0 Å². The molecule has 1 fully saturated rings. The normalized spacial score (nSPS) is 17.4. The molecule has 122 valence electrons. The highest BCUT2D eigenvalue weighted by molar-refractivity contribution is 7.89. The molecule has 1 aromatic rings. The van der Waals surface area contributed by atoms with Crippen molar-refractivity contribution >= 4 is 15.9 Å². The van der Waals surface area contributed by atoms with E-state index in [1.807, 2.05) is 20.8 Å². The van der Waals surface area contributed by atoms with Crippen molar-refractivity contribution in [2.24, 2.45) is 0 Å². The van der Waals surface area contributed by atoms with E-state index in [-0.39, 0.29) is 16.8 Å². The number of aryl methyl sites for hydroxylation is 1. The Morgan fingerprint density at radius 2 is 1.95 bits per heavy atom. The molecule has 1 unspecified atom stereocenters. The smallest absolute Gasteiger partial charge is 0.251 e. The molecule has 1 aromatic carbocycles. The molecule has 6 heteroatoms. The Labute approximate surface area is 132 Å². The summed E-state index contributed by atoms with van der Waals surface area (Å²) in [5.74, 6) is -0.217. The lowest BCUT2D eigenvalue weighted by atomic mass is 10.1. The van der Waals surface area contributed by atoms with Crippen LogP contribution in [0.2, 0.25) is 0 Å². The van der Waals surface area contributed by atoms with Crippen LogP contribution in [0.15, 0.2) is 23.1 Å². The van der Waals surface area contributed by atoms with Crippen LogP contribution in [-0.2, 0) is 10.0 Å². The number of carbonyl (C=O) groups excluding carboxylic acids is 1. The maximum atomic E-state index is 12.6. The predicted molar refractivity (Wildman–Crippen MR) is 86.4 cm³/mol. The molecule has 1 saturated heterocycles. The van der Waals surface area contributed by atoms with E-state index in [4.69, 9.17) is 0 Å². The summed E-state index contributed by atoms with van der Waals surface area (Å²) in [6, 6.07) is 4.85. The average Bonchev–Trinajstić information content (AvgIpc) is 3.02. The van der Waals surface area contributed by atoms with Crippen molar-refractivity contribution in [2.45, 2.75) is 51.0 Å². The summed E-state index contributed by atoms with van der Waals surface area (Å²) in [4.78, 5) is 12.5. The first-order valence-corrected chi connectivity index (χ1v) is 9.22. The number of hydrogen-bond acceptors (Lipinski definition) is 3. The van der Waals surface area contributed by atoms with Gasteiger partial charge in [-0.15, -0.1) is 0 Å². The van der Waals surface area contributed by atoms with Crippen LogP contribution < -0.4 is 5.32 Å². The fourth-order valence-electron chi connectivity index (χ4n) is 2.49. The van der Waals surface area contributed by atoms with Crippen LogP contribution in [0.4, 0.5) is 0 Å². The van der Waals surface area contributed by atoms with Gasteiger partial charge in [0.2, 0.25) is 10.0 Å². The fourth-order valence-corrected chi connectivity index (χ4v) is 4.03. The number of sulfonamides is 1. The molecule has 1 aliphatic rings. The number of hydrogen-bond donors (Lipinski definition) is 1. The molecule has 5 nitrogen and oxygen atoms in total. The van der Waals surface area contributed by atoms with Crippen molar-refractivity contribution in [1.29, 1.82) is 0 Å². The number of nitrogens with one attached hydrogen (secondary N) is 1. The van der Waals surface area contributed by atoms with Gasteiger partial charge in [-0.3, -0.25) is 4.79 Å². The van der Waals surface area contributed by atoms with Crippen molar-refractivity contribution in [3.8, 4) is 0 Å². The SMILES string of the molecule is CCC(C)NC(=O)c1cc(S(=O)(=O)N2CCCC2)ccc1C. The van der Waals surface area contributed by atoms with Gasteiger partial charge in [-0.2, -0.15) is 4.31 Å². The Bertz CT molecular complexity index is 649. The first-order valence-electron chi connectivity index (χ1n) is 7.78. The molecule has 1 atom stereocenters. The zero-order valence-electron chi connectivity index (χ0n) is 13.4. The van der Waals surface area contributed by atoms with Gasteiger partial charge in [0, 0.05) is 24.7 Å². The standard InChI is InChI=1S/C16H24N2O3S/c1-4-13(3)17-16(19)15-11-14(8-7-12(15)2)22(20,21)18-9-5-6-10-18/h7-8,11,13H,4-6,9-10H2,1-3H3,(H,17,19). The summed E-state index contributed by atoms with van der Waals surface area (Å²) in [7, 11) is -3.49. The largest absolute Gasteiger partial charge is 0.350 e. The lowest BCUT2D eigenvalue weighted by Gasteiger charge is -2.17. The van der Waals surface area contributed by atoms with Gasteiger partial charge >= 0.3 is 0 Å². The third-order valence-electron chi connectivity index (χ3n) is 4.15. The number of rotatable bonds is 5. The second-order valence-corrected chi connectivity index (χ2v) is 7.81. The zero-order chi connectivity index (χ0) is 16.3. The molecule has 0 saturated carbocycles. The molecular weight excluding hydrogens is 300 g/mol. The Kier molecular flexibility index (Phi) is 5.24. The molecule has 1 heterocycles. The highest BCUT2D eigenvalue weighted by Crippen LogP contribution is 2.23. The minimum absolute atomic E-state index is 0.0609. The van der Waals surface area contributed by atoms with E-state index in [1.165, 1.54) is 10.4 Å². The third kappa shape index (κ3) is 3.50. The van der Waals surface area contributed by atoms with Crippen molar-refractivity contribution in [3.63, 3.8) is 0 Å². The van der Waals surface area contributed by atoms with Crippen LogP contribution in [0.1, 0.15) is 49.0 Å². The minimum Gasteiger partial charge on any atom is -0.350 e. The van der Waals surface area contributed by atoms with Crippen molar-refractivity contribution < 1.29 is 13.2 Å². The topological polar surface area (TPSA) is 66.5 Å². The molecule has 0 bridgehead atoms. The maximum absolute atomic E-state index is 12.6. The molecule has 0 aromatic heterocycles. The Hall–Kier alpha value is -1.40. The fraction of sp³-hybridized carbons (Fsp3) is 0.562. The summed E-state index contributed by atoms with van der Waals surface area (Å²) in [5.41, 5.74) is 1.21. The first-order chi connectivity index (χ1) is 10.4. The number of carbonyl (C=O) groups is 1. The quantitative estimate of drug-likeness (QED) is 0.904. The van der Waals surface area contributed by atoms with Gasteiger partial charge in [0.05, 0.1) is 4.90 Å². The van der Waals surface area contributed by atoms with E-state index in [0.29, 0.717) is 18.7 Å². The van der Waals surface area contributed by atoms with Gasteiger partial charge in [0.1, 0.15) is 0 Å². The summed E-state index contributed by atoms with van der Waals surface area (Å²) in [5, 5.41) is 2.89. The first kappa shape index (κ1) is 17.0. The molecule has 1 amide bonds. The number of benzene rings is 1. The van der Waals surface area contributed by atoms with Gasteiger partial charge in [-0.25, -0.2) is 8.42 Å². The van der Waals surface area contributed by atoms with Gasteiger partial charge in [-0.05, 0) is 50.8 Å². The van der Waals surface area contributed by atoms with Crippen molar-refractivity contribution in [3.05, 3.63) is 29.3 Å². The average molecular weight is 324 g/mol. The predicted octanol–water partition coefficient (Wildman–Crippen LogP) is 2.31. The number of amides is 1. The van der Waals surface area contributed by atoms with Crippen molar-refractivity contribution in [2.75, 3.05) is 13.1 Å². The Morgan fingerprint density at radius 1 is 1.32 bits per heavy atom. The highest BCUT2D eigenvalue weighted by atomic mass is 32.2. The molecule has 2 rings (SSSR count). The summed E-state index contributed by atoms with van der Waals surface area (Å²) in [6.45, 7) is 6.86. The molecule has 22 heavy (non-hydrogen) atoms. The minimum atomic E-state index is -3.49. The van der Waals surface area contributed by atoms with E-state index in [0.717, 1.165) is 24.8 Å². The maximum Gasteiger partial charge on any atom is 0.251 e. The zero-order valence-corrected chi connectivity index (χ0v) is 14.2. The molecule has 0 radical (unpaired) electrons. The summed E-state index contributed by atoms with van der Waals surface area (Å²) in [6.07, 6.45) is 2.62. The summed E-state index contributed by atoms with van der Waals surface area (Å²) >= 11 is 0. The molecule has 0 aliphatic carbocycles. The molecule has 1 aliphatic heterocycles. The van der Waals surface area contributed by atoms with Gasteiger partial charge < -0.3 is 5.32 Å². The van der Waals surface area contributed by atoms with E-state index >= 15 is 0 Å². The van der Waals surface area contributed by atoms with E-state index in [2.05, 4.69) is 5.32 Å². The number of nitrogens with zero attached hydrogens (tertiary/aromatic N) is 1. The van der Waals surface area contributed by atoms with Crippen LogP contribution in [0.3, 0.4) is 0 Å². The van der Waals surface area contributed by atoms with Crippen LogP contribution >= 0.6 is 0 Å². The molecular formula is C16H24N2O3S. The second kappa shape index (κ2) is 6.79. The van der Waals surface area contributed by atoms with Crippen LogP contribution in [-0.4, -0.2) is 37.8 Å². The van der Waals surface area contributed by atoms with Crippen LogP contribution in [0.25, 0.3) is 0 Å². The highest BCUT2D eigenvalue weighted by Gasteiger charge is 2.28. The molecule has 1 N–H and O–H groups in total. The second-order valence-electron chi connectivity index (χ2n) is 5.87. The van der Waals surface area contributed by atoms with Gasteiger partial charge in [-0.1, -0.05) is 13.0 Å². The van der Waals surface area contributed by atoms with Gasteiger partial charge in [0.25, 0.3) is 5.91 Å².